The molecule has 1 fully saturated rings. The first-order chi connectivity index (χ1) is 11.6. The Labute approximate surface area is 141 Å². The van der Waals surface area contributed by atoms with E-state index < -0.39 is 5.60 Å². The number of fused-ring (bicyclic) bond motifs is 3. The first-order valence-corrected chi connectivity index (χ1v) is 8.59. The van der Waals surface area contributed by atoms with Crippen molar-refractivity contribution in [3.8, 4) is 0 Å². The first-order valence-electron chi connectivity index (χ1n) is 7.78. The van der Waals surface area contributed by atoms with E-state index in [1.165, 1.54) is 11.3 Å². The number of aryl methyl sites for hydroxylation is 1. The van der Waals surface area contributed by atoms with Gasteiger partial charge in [-0.05, 0) is 31.2 Å². The summed E-state index contributed by atoms with van der Waals surface area (Å²) < 4.78 is 5.47. The summed E-state index contributed by atoms with van der Waals surface area (Å²) >= 11 is 1.48. The number of anilines is 1. The summed E-state index contributed by atoms with van der Waals surface area (Å²) in [6.07, 6.45) is 1.99. The minimum absolute atomic E-state index is 0.242. The average Bonchev–Trinajstić information content (AvgIpc) is 3.25. The summed E-state index contributed by atoms with van der Waals surface area (Å²) in [5, 5.41) is 12.7. The Kier molecular flexibility index (Phi) is 2.65. The minimum atomic E-state index is -1.53. The van der Waals surface area contributed by atoms with E-state index in [9.17, 15) is 9.90 Å². The summed E-state index contributed by atoms with van der Waals surface area (Å²) in [4.78, 5) is 20.4. The number of thiophene rings is 1. The van der Waals surface area contributed by atoms with Crippen LogP contribution in [0.15, 0.2) is 46.0 Å². The van der Waals surface area contributed by atoms with Crippen molar-refractivity contribution in [3.63, 3.8) is 0 Å². The van der Waals surface area contributed by atoms with E-state index in [-0.39, 0.29) is 5.78 Å². The molecule has 2 aromatic heterocycles. The van der Waals surface area contributed by atoms with Crippen LogP contribution in [0.4, 0.5) is 10.7 Å². The highest BCUT2D eigenvalue weighted by molar-refractivity contribution is 7.16. The largest absolute Gasteiger partial charge is 0.464 e. The average molecular weight is 338 g/mol. The van der Waals surface area contributed by atoms with Gasteiger partial charge in [0.25, 0.3) is 0 Å². The molecule has 4 heterocycles. The molecule has 3 aromatic rings. The van der Waals surface area contributed by atoms with Crippen molar-refractivity contribution in [1.82, 2.24) is 0 Å². The molecule has 1 N–H and O–H groups in total. The molecule has 6 heteroatoms. The molecule has 2 aliphatic heterocycles. The fraction of sp³-hybridized carbons (Fsp3) is 0.222. The number of hydrogen-bond donors (Lipinski definition) is 1. The minimum Gasteiger partial charge on any atom is -0.464 e. The number of ketones is 1. The van der Waals surface area contributed by atoms with Gasteiger partial charge in [0.1, 0.15) is 10.6 Å². The number of aliphatic hydroxyl groups is 1. The van der Waals surface area contributed by atoms with Crippen molar-refractivity contribution >= 4 is 44.6 Å². The molecule has 0 spiro atoms. The first kappa shape index (κ1) is 13.9. The van der Waals surface area contributed by atoms with Crippen molar-refractivity contribution in [1.29, 1.82) is 0 Å². The summed E-state index contributed by atoms with van der Waals surface area (Å²) in [6.45, 7) is 2.49. The molecule has 24 heavy (non-hydrogen) atoms. The number of hydrogen-bond acceptors (Lipinski definition) is 6. The molecule has 0 radical (unpaired) electrons. The molecule has 2 aliphatic rings. The van der Waals surface area contributed by atoms with Crippen molar-refractivity contribution in [3.05, 3.63) is 47.0 Å². The molecular formula is C18H14N2O3S. The van der Waals surface area contributed by atoms with Crippen molar-refractivity contribution < 1.29 is 14.3 Å². The predicted octanol–water partition coefficient (Wildman–Crippen LogP) is 3.67. The number of nitrogens with zero attached hydrogens (tertiary/aromatic N) is 2. The maximum atomic E-state index is 12.8. The second-order valence-corrected chi connectivity index (χ2v) is 7.48. The third-order valence-corrected chi connectivity index (χ3v) is 5.68. The van der Waals surface area contributed by atoms with Crippen molar-refractivity contribution in [2.24, 2.45) is 4.99 Å². The quantitative estimate of drug-likeness (QED) is 0.735. The molecule has 0 amide bonds. The Hall–Kier alpha value is -2.44. The molecule has 0 bridgehead atoms. The Morgan fingerprint density at radius 1 is 1.33 bits per heavy atom. The molecule has 1 aromatic carbocycles. The number of rotatable bonds is 1. The van der Waals surface area contributed by atoms with Crippen LogP contribution in [0.25, 0.3) is 11.0 Å². The second kappa shape index (κ2) is 4.55. The zero-order valence-corrected chi connectivity index (χ0v) is 13.8. The summed E-state index contributed by atoms with van der Waals surface area (Å²) in [6, 6.07) is 9.58. The molecular weight excluding hydrogens is 324 g/mol. The van der Waals surface area contributed by atoms with E-state index in [0.717, 1.165) is 21.5 Å². The third-order valence-electron chi connectivity index (χ3n) is 4.74. The fourth-order valence-corrected chi connectivity index (χ4v) is 4.39. The lowest BCUT2D eigenvalue weighted by Gasteiger charge is -2.28. The smallest absolute Gasteiger partial charge is 0.205 e. The van der Waals surface area contributed by atoms with Crippen LogP contribution in [0.5, 0.6) is 0 Å². The summed E-state index contributed by atoms with van der Waals surface area (Å²) in [5.41, 5.74) is 0.653. The maximum absolute atomic E-state index is 12.8. The summed E-state index contributed by atoms with van der Waals surface area (Å²) in [7, 11) is 0. The van der Waals surface area contributed by atoms with E-state index in [1.54, 1.807) is 6.26 Å². The molecule has 0 unspecified atom stereocenters. The molecule has 1 saturated heterocycles. The van der Waals surface area contributed by atoms with Crippen LogP contribution in [0.3, 0.4) is 0 Å². The van der Waals surface area contributed by atoms with Gasteiger partial charge in [0, 0.05) is 35.0 Å². The number of Topliss-reactive ketones (excluding diaryl/α,β-unsaturated/α-hetero) is 1. The molecule has 0 aliphatic carbocycles. The van der Waals surface area contributed by atoms with Gasteiger partial charge in [-0.1, -0.05) is 0 Å². The zero-order chi connectivity index (χ0) is 16.5. The lowest BCUT2D eigenvalue weighted by atomic mass is 9.90. The van der Waals surface area contributed by atoms with Crippen LogP contribution in [0.1, 0.15) is 21.7 Å². The van der Waals surface area contributed by atoms with E-state index >= 15 is 0 Å². The van der Waals surface area contributed by atoms with Crippen LogP contribution < -0.4 is 4.90 Å². The number of amidine groups is 1. The van der Waals surface area contributed by atoms with E-state index in [1.807, 2.05) is 42.2 Å². The van der Waals surface area contributed by atoms with Gasteiger partial charge in [0.2, 0.25) is 5.78 Å². The predicted molar refractivity (Wildman–Crippen MR) is 93.6 cm³/mol. The van der Waals surface area contributed by atoms with Crippen LogP contribution >= 0.6 is 11.3 Å². The van der Waals surface area contributed by atoms with Crippen LogP contribution in [0, 0.1) is 6.92 Å². The Bertz CT molecular complexity index is 1030. The van der Waals surface area contributed by atoms with Gasteiger partial charge in [-0.2, -0.15) is 0 Å². The van der Waals surface area contributed by atoms with Gasteiger partial charge in [-0.25, -0.2) is 4.99 Å². The number of aliphatic imine (C=N–C) groups is 1. The molecule has 1 atom stereocenters. The zero-order valence-electron chi connectivity index (χ0n) is 12.9. The van der Waals surface area contributed by atoms with Crippen molar-refractivity contribution in [2.45, 2.75) is 18.9 Å². The summed E-state index contributed by atoms with van der Waals surface area (Å²) in [5.74, 6) is 0.182. The molecule has 0 saturated carbocycles. The monoisotopic (exact) mass is 338 g/mol. The molecule has 5 rings (SSSR count). The highest BCUT2D eigenvalue weighted by atomic mass is 32.1. The van der Waals surface area contributed by atoms with Gasteiger partial charge in [-0.3, -0.25) is 4.79 Å². The highest BCUT2D eigenvalue weighted by Crippen LogP contribution is 2.43. The number of benzene rings is 1. The Morgan fingerprint density at radius 3 is 3.08 bits per heavy atom. The molecule has 120 valence electrons. The maximum Gasteiger partial charge on any atom is 0.205 e. The SMILES string of the molecule is Cc1cc2c(s1)N=C1N(c3ccc4ccoc4c3)CC[C@@]1(O)C2=O. The van der Waals surface area contributed by atoms with Crippen LogP contribution in [-0.2, 0) is 0 Å². The van der Waals surface area contributed by atoms with Gasteiger partial charge in [-0.15, -0.1) is 11.3 Å². The van der Waals surface area contributed by atoms with Crippen molar-refractivity contribution in [2.75, 3.05) is 11.4 Å². The number of carbonyl (C=O) groups is 1. The number of carbonyl (C=O) groups excluding carboxylic acids is 1. The van der Waals surface area contributed by atoms with E-state index in [0.29, 0.717) is 29.4 Å². The fourth-order valence-electron chi connectivity index (χ4n) is 3.51. The third kappa shape index (κ3) is 1.72. The van der Waals surface area contributed by atoms with Gasteiger partial charge < -0.3 is 14.4 Å². The lowest BCUT2D eigenvalue weighted by molar-refractivity contribution is 0.0603. The van der Waals surface area contributed by atoms with E-state index in [4.69, 9.17) is 4.42 Å². The highest BCUT2D eigenvalue weighted by Gasteiger charge is 2.52. The molecule has 5 nitrogen and oxygen atoms in total. The van der Waals surface area contributed by atoms with Gasteiger partial charge >= 0.3 is 0 Å². The van der Waals surface area contributed by atoms with E-state index in [2.05, 4.69) is 4.99 Å². The number of furan rings is 1. The topological polar surface area (TPSA) is 66.0 Å². The lowest BCUT2D eigenvalue weighted by Crippen LogP contribution is -2.48. The normalized spacial score (nSPS) is 22.7. The van der Waals surface area contributed by atoms with Crippen LogP contribution in [0.2, 0.25) is 0 Å². The van der Waals surface area contributed by atoms with Gasteiger partial charge in [0.15, 0.2) is 11.4 Å². The van der Waals surface area contributed by atoms with Crippen LogP contribution in [-0.4, -0.2) is 28.9 Å². The standard InChI is InChI=1S/C18H14N2O3S/c1-10-8-13-15(21)18(22)5-6-20(17(18)19-16(13)24-10)12-3-2-11-4-7-23-14(11)9-12/h2-4,7-9,22H,5-6H2,1H3/t18-/m1/s1. The van der Waals surface area contributed by atoms with Gasteiger partial charge in [0.05, 0.1) is 11.8 Å². The Balaban J connectivity index is 1.67. The second-order valence-electron chi connectivity index (χ2n) is 6.25. The Morgan fingerprint density at radius 2 is 2.21 bits per heavy atom.